The van der Waals surface area contributed by atoms with Crippen molar-refractivity contribution in [3.8, 4) is 0 Å². The molecule has 0 spiro atoms. The van der Waals surface area contributed by atoms with E-state index in [2.05, 4.69) is 20.6 Å². The van der Waals surface area contributed by atoms with Crippen LogP contribution in [-0.2, 0) is 12.8 Å². The Morgan fingerprint density at radius 3 is 2.72 bits per heavy atom. The maximum Gasteiger partial charge on any atom is 0.161 e. The zero-order chi connectivity index (χ0) is 17.6. The minimum Gasteiger partial charge on any atom is -0.343 e. The van der Waals surface area contributed by atoms with Crippen LogP contribution in [-0.4, -0.2) is 23.1 Å². The topological polar surface area (TPSA) is 52.7 Å². The van der Waals surface area contributed by atoms with Crippen LogP contribution in [0.15, 0.2) is 24.3 Å². The molecule has 0 amide bonds. The van der Waals surface area contributed by atoms with Gasteiger partial charge in [-0.1, -0.05) is 0 Å². The molecule has 3 N–H and O–H groups in total. The molecule has 2 heterocycles. The van der Waals surface area contributed by atoms with E-state index in [4.69, 9.17) is 0 Å². The summed E-state index contributed by atoms with van der Waals surface area (Å²) in [7, 11) is 1.96. The summed E-state index contributed by atoms with van der Waals surface area (Å²) in [6.07, 6.45) is 2.93. The number of likely N-dealkylation sites (N-methyl/N-ethyl adjacent to an activating group) is 1. The van der Waals surface area contributed by atoms with Gasteiger partial charge in [-0.05, 0) is 44.0 Å². The molecule has 25 heavy (non-hydrogen) atoms. The number of anilines is 2. The number of aromatic nitrogens is 2. The second-order valence-electron chi connectivity index (χ2n) is 6.27. The van der Waals surface area contributed by atoms with Crippen molar-refractivity contribution in [1.29, 1.82) is 0 Å². The Morgan fingerprint density at radius 2 is 1.92 bits per heavy atom. The largest absolute Gasteiger partial charge is 0.343 e. The summed E-state index contributed by atoms with van der Waals surface area (Å²) >= 11 is 0. The van der Waals surface area contributed by atoms with Gasteiger partial charge in [0.1, 0.15) is 17.3 Å². The number of pyridine rings is 1. The molecular weight excluding hydrogens is 329 g/mol. The van der Waals surface area contributed by atoms with Crippen molar-refractivity contribution in [1.82, 2.24) is 15.3 Å². The van der Waals surface area contributed by atoms with Crippen molar-refractivity contribution in [2.75, 3.05) is 12.4 Å². The minimum absolute atomic E-state index is 0.155. The van der Waals surface area contributed by atoms with Gasteiger partial charge < -0.3 is 15.6 Å². The predicted molar refractivity (Wildman–Crippen MR) is 90.6 cm³/mol. The van der Waals surface area contributed by atoms with E-state index in [1.54, 1.807) is 6.07 Å². The Labute approximate surface area is 142 Å². The molecule has 0 saturated heterocycles. The third-order valence-corrected chi connectivity index (χ3v) is 4.73. The molecule has 4 rings (SSSR count). The molecule has 130 valence electrons. The van der Waals surface area contributed by atoms with Crippen LogP contribution in [0, 0.1) is 17.5 Å². The minimum atomic E-state index is -1.22. The maximum atomic E-state index is 13.8. The first-order chi connectivity index (χ1) is 12.0. The van der Waals surface area contributed by atoms with Gasteiger partial charge in [0.25, 0.3) is 0 Å². The molecule has 1 aliphatic carbocycles. The standard InChI is InChI=1S/C18H17F3N4/c1-22-9-2-4-15-11(6-9)10-3-5-17(25-18(10)24-15)23-16-8-13(20)12(19)7-14(16)21/h3,5,7-9,22H,2,4,6H2,1H3,(H2,23,24,25). The SMILES string of the molecule is CNC1CCc2[nH]c3nc(Nc4cc(F)c(F)cc4F)ccc3c2C1. The number of aryl methyl sites for hydroxylation is 1. The van der Waals surface area contributed by atoms with Crippen molar-refractivity contribution in [3.63, 3.8) is 0 Å². The van der Waals surface area contributed by atoms with Crippen molar-refractivity contribution in [2.45, 2.75) is 25.3 Å². The first-order valence-corrected chi connectivity index (χ1v) is 8.14. The lowest BCUT2D eigenvalue weighted by Crippen LogP contribution is -2.31. The Hall–Kier alpha value is -2.54. The van der Waals surface area contributed by atoms with Gasteiger partial charge in [-0.25, -0.2) is 18.2 Å². The number of benzene rings is 1. The maximum absolute atomic E-state index is 13.8. The van der Waals surface area contributed by atoms with Crippen molar-refractivity contribution >= 4 is 22.5 Å². The number of nitrogens with one attached hydrogen (secondary N) is 3. The van der Waals surface area contributed by atoms with E-state index in [1.165, 1.54) is 11.3 Å². The predicted octanol–water partition coefficient (Wildman–Crippen LogP) is 3.80. The Morgan fingerprint density at radius 1 is 1.12 bits per heavy atom. The average molecular weight is 346 g/mol. The van der Waals surface area contributed by atoms with Gasteiger partial charge >= 0.3 is 0 Å². The monoisotopic (exact) mass is 346 g/mol. The van der Waals surface area contributed by atoms with Gasteiger partial charge in [0.05, 0.1) is 5.69 Å². The van der Waals surface area contributed by atoms with E-state index >= 15 is 0 Å². The summed E-state index contributed by atoms with van der Waals surface area (Å²) in [6.45, 7) is 0. The van der Waals surface area contributed by atoms with Crippen LogP contribution < -0.4 is 10.6 Å². The number of halogens is 3. The molecule has 0 bridgehead atoms. The molecule has 0 fully saturated rings. The van der Waals surface area contributed by atoms with E-state index in [-0.39, 0.29) is 5.69 Å². The molecule has 4 nitrogen and oxygen atoms in total. The van der Waals surface area contributed by atoms with Gasteiger partial charge in [-0.3, -0.25) is 0 Å². The van der Waals surface area contributed by atoms with E-state index in [1.807, 2.05) is 13.1 Å². The van der Waals surface area contributed by atoms with Crippen LogP contribution in [0.2, 0.25) is 0 Å². The molecule has 0 saturated carbocycles. The van der Waals surface area contributed by atoms with E-state index in [0.29, 0.717) is 23.6 Å². The van der Waals surface area contributed by atoms with Crippen LogP contribution >= 0.6 is 0 Å². The summed E-state index contributed by atoms with van der Waals surface area (Å²) in [5.74, 6) is -2.84. The van der Waals surface area contributed by atoms with Gasteiger partial charge in [0.2, 0.25) is 0 Å². The molecule has 1 aliphatic rings. The quantitative estimate of drug-likeness (QED) is 0.632. The zero-order valence-electron chi connectivity index (χ0n) is 13.6. The lowest BCUT2D eigenvalue weighted by atomic mass is 9.92. The highest BCUT2D eigenvalue weighted by Gasteiger charge is 2.22. The van der Waals surface area contributed by atoms with Crippen LogP contribution in [0.25, 0.3) is 11.0 Å². The van der Waals surface area contributed by atoms with E-state index in [0.717, 1.165) is 30.7 Å². The van der Waals surface area contributed by atoms with Gasteiger partial charge in [0, 0.05) is 29.3 Å². The fraction of sp³-hybridized carbons (Fsp3) is 0.278. The van der Waals surface area contributed by atoms with Crippen LogP contribution in [0.4, 0.5) is 24.7 Å². The lowest BCUT2D eigenvalue weighted by Gasteiger charge is -2.21. The molecule has 1 unspecified atom stereocenters. The van der Waals surface area contributed by atoms with Crippen molar-refractivity contribution in [3.05, 3.63) is 53.0 Å². The molecular formula is C18H17F3N4. The normalized spacial score (nSPS) is 16.9. The van der Waals surface area contributed by atoms with Gasteiger partial charge in [-0.15, -0.1) is 0 Å². The summed E-state index contributed by atoms with van der Waals surface area (Å²) in [5.41, 5.74) is 2.97. The molecule has 0 aliphatic heterocycles. The third kappa shape index (κ3) is 2.84. The number of H-pyrrole nitrogens is 1. The molecule has 7 heteroatoms. The molecule has 1 aromatic carbocycles. The fourth-order valence-electron chi connectivity index (χ4n) is 3.36. The number of nitrogens with zero attached hydrogens (tertiary/aromatic N) is 1. The smallest absolute Gasteiger partial charge is 0.161 e. The zero-order valence-corrected chi connectivity index (χ0v) is 13.6. The Balaban J connectivity index is 1.68. The van der Waals surface area contributed by atoms with Crippen LogP contribution in [0.5, 0.6) is 0 Å². The summed E-state index contributed by atoms with van der Waals surface area (Å²) in [6, 6.07) is 5.37. The summed E-state index contributed by atoms with van der Waals surface area (Å²) in [4.78, 5) is 7.76. The number of aromatic amines is 1. The number of fused-ring (bicyclic) bond motifs is 3. The first kappa shape index (κ1) is 16.0. The second-order valence-corrected chi connectivity index (χ2v) is 6.27. The third-order valence-electron chi connectivity index (χ3n) is 4.73. The number of hydrogen-bond donors (Lipinski definition) is 3. The molecule has 2 aromatic heterocycles. The second kappa shape index (κ2) is 6.07. The lowest BCUT2D eigenvalue weighted by molar-refractivity contribution is 0.495. The van der Waals surface area contributed by atoms with Crippen LogP contribution in [0.1, 0.15) is 17.7 Å². The van der Waals surface area contributed by atoms with Gasteiger partial charge in [-0.2, -0.15) is 0 Å². The van der Waals surface area contributed by atoms with E-state index in [9.17, 15) is 13.2 Å². The average Bonchev–Trinajstić information content (AvgIpc) is 2.96. The molecule has 3 aromatic rings. The summed E-state index contributed by atoms with van der Waals surface area (Å²) < 4.78 is 40.1. The highest BCUT2D eigenvalue weighted by atomic mass is 19.2. The van der Waals surface area contributed by atoms with Crippen molar-refractivity contribution in [2.24, 2.45) is 0 Å². The van der Waals surface area contributed by atoms with Crippen molar-refractivity contribution < 1.29 is 13.2 Å². The summed E-state index contributed by atoms with van der Waals surface area (Å²) in [5, 5.41) is 7.05. The Kier molecular flexibility index (Phi) is 3.88. The molecule has 0 radical (unpaired) electrons. The Bertz CT molecular complexity index is 951. The highest BCUT2D eigenvalue weighted by Crippen LogP contribution is 2.30. The van der Waals surface area contributed by atoms with Crippen LogP contribution in [0.3, 0.4) is 0 Å². The number of rotatable bonds is 3. The highest BCUT2D eigenvalue weighted by molar-refractivity contribution is 5.83. The number of hydrogen-bond acceptors (Lipinski definition) is 3. The first-order valence-electron chi connectivity index (χ1n) is 8.14. The van der Waals surface area contributed by atoms with Gasteiger partial charge in [0.15, 0.2) is 11.6 Å². The van der Waals surface area contributed by atoms with E-state index < -0.39 is 17.5 Å². The fourth-order valence-corrected chi connectivity index (χ4v) is 3.36. The molecule has 1 atom stereocenters.